The van der Waals surface area contributed by atoms with E-state index >= 15 is 0 Å². The molecule has 0 unspecified atom stereocenters. The van der Waals surface area contributed by atoms with Crippen LogP contribution in [-0.4, -0.2) is 0 Å². The van der Waals surface area contributed by atoms with Gasteiger partial charge in [0.05, 0.1) is 0 Å². The summed E-state index contributed by atoms with van der Waals surface area (Å²) in [4.78, 5) is 0. The summed E-state index contributed by atoms with van der Waals surface area (Å²) in [7, 11) is 0. The molecule has 1 radical (unpaired) electrons. The summed E-state index contributed by atoms with van der Waals surface area (Å²) in [6, 6.07) is 0. The van der Waals surface area contributed by atoms with E-state index in [-0.39, 0.29) is 34.1 Å². The first-order valence-electron chi connectivity index (χ1n) is 2.45. The molecule has 0 heterocycles. The molecule has 0 spiro atoms. The van der Waals surface area contributed by atoms with Crippen LogP contribution in [0.2, 0.25) is 0 Å². The standard InChI is InChI=1S/3C3H5.ClH.Ti/c3*1-3-2;;/h3*3H,1-2H2;1H;/q3*-1;;+3/p-1. The Kier molecular flexibility index (Phi) is 267. The first-order chi connectivity index (χ1) is 4.24. The average molecular weight is 207 g/mol. The molecule has 0 aromatic rings. The zero-order valence-electron chi connectivity index (χ0n) is 6.85. The van der Waals surface area contributed by atoms with Crippen LogP contribution in [0.15, 0.2) is 38.0 Å². The second kappa shape index (κ2) is 95.5. The van der Waals surface area contributed by atoms with Crippen molar-refractivity contribution >= 4 is 0 Å². The van der Waals surface area contributed by atoms with Crippen molar-refractivity contribution in [2.45, 2.75) is 0 Å². The largest absolute Gasteiger partial charge is 3.00 e. The van der Waals surface area contributed by atoms with Gasteiger partial charge in [-0.1, -0.05) is 0 Å². The van der Waals surface area contributed by atoms with E-state index in [1.165, 1.54) is 18.2 Å². The van der Waals surface area contributed by atoms with E-state index in [0.717, 1.165) is 0 Å². The van der Waals surface area contributed by atoms with Gasteiger partial charge in [0.2, 0.25) is 0 Å². The van der Waals surface area contributed by atoms with Crippen molar-refractivity contribution < 1.29 is 34.1 Å². The van der Waals surface area contributed by atoms with Gasteiger partial charge in [0.15, 0.2) is 0 Å². The molecule has 0 rings (SSSR count). The van der Waals surface area contributed by atoms with Crippen molar-refractivity contribution in [3.63, 3.8) is 0 Å². The summed E-state index contributed by atoms with van der Waals surface area (Å²) in [6.07, 6.45) is 4.50. The molecule has 0 N–H and O–H groups in total. The van der Waals surface area contributed by atoms with Gasteiger partial charge in [-0.2, -0.15) is 0 Å². The summed E-state index contributed by atoms with van der Waals surface area (Å²) in [5, 5.41) is 0. The van der Waals surface area contributed by atoms with Crippen molar-refractivity contribution in [2.24, 2.45) is 0 Å². The Morgan fingerprint density at radius 3 is 0.727 bits per heavy atom. The van der Waals surface area contributed by atoms with Crippen LogP contribution in [-0.2, 0) is 21.7 Å². The Hall–Kier alpha value is -0.166. The monoisotopic (exact) mass is 206 g/mol. The van der Waals surface area contributed by atoms with E-state index in [2.05, 4.69) is 40.5 Å². The van der Waals surface area contributed by atoms with Gasteiger partial charge in [0.1, 0.15) is 0 Å². The normalized spacial score (nSPS) is 3.27. The predicted molar refractivity (Wildman–Crippen MR) is 46.7 cm³/mol. The maximum atomic E-state index is 3.25. The van der Waals surface area contributed by atoms with Crippen molar-refractivity contribution in [2.75, 3.05) is 0 Å². The molecule has 0 aliphatic carbocycles. The Morgan fingerprint density at radius 2 is 0.727 bits per heavy atom. The van der Waals surface area contributed by atoms with Crippen LogP contribution >= 0.6 is 0 Å². The van der Waals surface area contributed by atoms with Crippen molar-refractivity contribution in [3.8, 4) is 0 Å². The molecule has 0 nitrogen and oxygen atoms in total. The zero-order valence-corrected chi connectivity index (χ0v) is 9.17. The molecule has 0 fully saturated rings. The first kappa shape index (κ1) is 30.8. The van der Waals surface area contributed by atoms with Gasteiger partial charge >= 0.3 is 21.7 Å². The molecule has 0 saturated heterocycles. The third-order valence-electron chi connectivity index (χ3n) is 0. The second-order valence-corrected chi connectivity index (χ2v) is 0.866. The summed E-state index contributed by atoms with van der Waals surface area (Å²) in [6.45, 7) is 19.5. The molecule has 0 aromatic heterocycles. The van der Waals surface area contributed by atoms with Gasteiger partial charge in [-0.15, -0.1) is 0 Å². The molecule has 0 bridgehead atoms. The summed E-state index contributed by atoms with van der Waals surface area (Å²) in [5.74, 6) is 0. The third-order valence-corrected chi connectivity index (χ3v) is 0. The SMILES string of the molecule is C=C[CH2-].C=C[CH2-].C=C[CH2-].[Cl-].[Ti+3]. The van der Waals surface area contributed by atoms with E-state index < -0.39 is 0 Å². The van der Waals surface area contributed by atoms with E-state index in [1.54, 1.807) is 0 Å². The minimum absolute atomic E-state index is 0. The van der Waals surface area contributed by atoms with Gasteiger partial charge in [-0.25, -0.2) is 58.7 Å². The second-order valence-electron chi connectivity index (χ2n) is 0.866. The molecule has 0 saturated carbocycles. The molecule has 0 atom stereocenters. The van der Waals surface area contributed by atoms with Gasteiger partial charge in [0.25, 0.3) is 0 Å². The fourth-order valence-corrected chi connectivity index (χ4v) is 0. The van der Waals surface area contributed by atoms with Crippen LogP contribution in [0.5, 0.6) is 0 Å². The minimum atomic E-state index is 0. The molecule has 0 aliphatic rings. The maximum Gasteiger partial charge on any atom is 3.00 e. The van der Waals surface area contributed by atoms with E-state index in [9.17, 15) is 0 Å². The molecule has 0 amide bonds. The Morgan fingerprint density at radius 1 is 0.727 bits per heavy atom. The summed E-state index contributed by atoms with van der Waals surface area (Å²) < 4.78 is 0. The molecular weight excluding hydrogens is 191 g/mol. The van der Waals surface area contributed by atoms with Crippen molar-refractivity contribution in [3.05, 3.63) is 58.7 Å². The smallest absolute Gasteiger partial charge is 1.00 e. The molecular formula is C9H15ClTi-. The molecule has 0 aliphatic heterocycles. The molecule has 11 heavy (non-hydrogen) atoms. The van der Waals surface area contributed by atoms with Crippen LogP contribution in [0.25, 0.3) is 0 Å². The van der Waals surface area contributed by atoms with E-state index in [0.29, 0.717) is 0 Å². The fourth-order valence-electron chi connectivity index (χ4n) is 0. The zero-order chi connectivity index (χ0) is 8.12. The van der Waals surface area contributed by atoms with Crippen molar-refractivity contribution in [1.82, 2.24) is 0 Å². The van der Waals surface area contributed by atoms with Crippen LogP contribution in [0.1, 0.15) is 0 Å². The third kappa shape index (κ3) is 22000. The van der Waals surface area contributed by atoms with E-state index in [1.807, 2.05) is 0 Å². The van der Waals surface area contributed by atoms with E-state index in [4.69, 9.17) is 0 Å². The number of hydrogen-bond acceptors (Lipinski definition) is 0. The van der Waals surface area contributed by atoms with Gasteiger partial charge < -0.3 is 12.4 Å². The Labute approximate surface area is 92.8 Å². The van der Waals surface area contributed by atoms with Gasteiger partial charge in [-0.05, 0) is 0 Å². The number of rotatable bonds is 0. The summed E-state index contributed by atoms with van der Waals surface area (Å²) >= 11 is 0. The molecule has 0 aromatic carbocycles. The topological polar surface area (TPSA) is 0 Å². The van der Waals surface area contributed by atoms with Gasteiger partial charge in [-0.3, -0.25) is 0 Å². The predicted octanol–water partition coefficient (Wildman–Crippen LogP) is 0.0210. The first-order valence-corrected chi connectivity index (χ1v) is 2.45. The molecule has 2 heteroatoms. The Bertz CT molecular complexity index is 46.3. The Balaban J connectivity index is -0.0000000150. The van der Waals surface area contributed by atoms with Crippen LogP contribution in [0.3, 0.4) is 0 Å². The molecule has 63 valence electrons. The maximum absolute atomic E-state index is 3.25. The van der Waals surface area contributed by atoms with Crippen LogP contribution in [0, 0.1) is 20.8 Å². The van der Waals surface area contributed by atoms with Crippen LogP contribution in [0.4, 0.5) is 0 Å². The quantitative estimate of drug-likeness (QED) is 0.387. The van der Waals surface area contributed by atoms with Crippen molar-refractivity contribution in [1.29, 1.82) is 0 Å². The average Bonchev–Trinajstić information content (AvgIpc) is 1.70. The fraction of sp³-hybridized carbons (Fsp3) is 0. The number of allylic oxidation sites excluding steroid dienone is 3. The number of hydrogen-bond donors (Lipinski definition) is 0. The van der Waals surface area contributed by atoms with Crippen LogP contribution < -0.4 is 12.4 Å². The van der Waals surface area contributed by atoms with Gasteiger partial charge in [0, 0.05) is 0 Å². The minimum Gasteiger partial charge on any atom is -1.00 e. The summed E-state index contributed by atoms with van der Waals surface area (Å²) in [5.41, 5.74) is 0. The number of halogens is 1.